The van der Waals surface area contributed by atoms with E-state index in [0.717, 1.165) is 6.08 Å². The van der Waals surface area contributed by atoms with Gasteiger partial charge in [0.15, 0.2) is 0 Å². The lowest BCUT2D eigenvalue weighted by molar-refractivity contribution is -0.128. The Bertz CT molecular complexity index is 300. The summed E-state index contributed by atoms with van der Waals surface area (Å²) in [5.41, 5.74) is 0. The van der Waals surface area contributed by atoms with Crippen LogP contribution >= 0.6 is 0 Å². The fraction of sp³-hybridized carbons (Fsp3) is 0.625. The third-order valence-corrected chi connectivity index (χ3v) is 3.91. The van der Waals surface area contributed by atoms with Crippen LogP contribution < -0.4 is 0 Å². The highest BCUT2D eigenvalue weighted by atomic mass is 32.2. The fourth-order valence-corrected chi connectivity index (χ4v) is 1.30. The molecule has 0 fully saturated rings. The largest absolute Gasteiger partial charge is 0.345 e. The van der Waals surface area contributed by atoms with Crippen molar-refractivity contribution in [1.29, 1.82) is 0 Å². The first-order valence-corrected chi connectivity index (χ1v) is 5.28. The van der Waals surface area contributed by atoms with Gasteiger partial charge in [-0.25, -0.2) is 4.79 Å². The summed E-state index contributed by atoms with van der Waals surface area (Å²) in [5.74, 6) is -0.943. The second kappa shape index (κ2) is 3.91. The normalized spacial score (nSPS) is 12.2. The molecule has 0 aliphatic carbocycles. The molecule has 0 radical (unpaired) electrons. The molecule has 0 heterocycles. The van der Waals surface area contributed by atoms with Crippen molar-refractivity contribution < 1.29 is 17.4 Å². The predicted molar refractivity (Wildman–Crippen MR) is 49.6 cm³/mol. The second-order valence-corrected chi connectivity index (χ2v) is 5.35. The van der Waals surface area contributed by atoms with Crippen molar-refractivity contribution in [2.24, 2.45) is 0 Å². The lowest BCUT2D eigenvalue weighted by Gasteiger charge is -2.20. The van der Waals surface area contributed by atoms with E-state index >= 15 is 0 Å². The van der Waals surface area contributed by atoms with Crippen LogP contribution in [-0.2, 0) is 19.1 Å². The molecule has 0 aromatic heterocycles. The zero-order valence-electron chi connectivity index (χ0n) is 8.03. The monoisotopic (exact) mass is 206 g/mol. The van der Waals surface area contributed by atoms with Gasteiger partial charge in [-0.3, -0.25) is 0 Å². The van der Waals surface area contributed by atoms with Crippen molar-refractivity contribution in [2.45, 2.75) is 31.9 Å². The maximum absolute atomic E-state index is 11.4. The maximum Gasteiger partial charge on any atom is 0.345 e. The highest BCUT2D eigenvalue weighted by Gasteiger charge is 2.35. The van der Waals surface area contributed by atoms with Crippen molar-refractivity contribution in [3.8, 4) is 0 Å². The first kappa shape index (κ1) is 12.2. The quantitative estimate of drug-likeness (QED) is 0.513. The first-order valence-electron chi connectivity index (χ1n) is 3.87. The Labute approximate surface area is 78.7 Å². The molecule has 0 aromatic carbocycles. The summed E-state index contributed by atoms with van der Waals surface area (Å²) < 4.78 is 25.9. The molecule has 0 aliphatic heterocycles. The van der Waals surface area contributed by atoms with Gasteiger partial charge in [-0.1, -0.05) is 13.5 Å². The van der Waals surface area contributed by atoms with Gasteiger partial charge in [0.1, 0.15) is 4.75 Å². The Morgan fingerprint density at radius 1 is 1.54 bits per heavy atom. The van der Waals surface area contributed by atoms with E-state index in [9.17, 15) is 13.2 Å². The van der Waals surface area contributed by atoms with Crippen LogP contribution in [0.25, 0.3) is 0 Å². The Hall–Kier alpha value is -0.840. The molecule has 0 spiro atoms. The number of hydrogen-bond acceptors (Lipinski definition) is 4. The SMILES string of the molecule is C=CC(=O)OS(=O)(=O)C(C)(C)CC. The lowest BCUT2D eigenvalue weighted by atomic mass is 10.1. The minimum atomic E-state index is -3.84. The van der Waals surface area contributed by atoms with Crippen molar-refractivity contribution in [1.82, 2.24) is 0 Å². The Morgan fingerprint density at radius 3 is 2.31 bits per heavy atom. The Kier molecular flexibility index (Phi) is 3.66. The van der Waals surface area contributed by atoms with Gasteiger partial charge >= 0.3 is 16.1 Å². The van der Waals surface area contributed by atoms with Crippen LogP contribution in [0.4, 0.5) is 0 Å². The molecule has 0 aliphatic rings. The highest BCUT2D eigenvalue weighted by Crippen LogP contribution is 2.21. The van der Waals surface area contributed by atoms with Crippen LogP contribution in [-0.4, -0.2) is 19.1 Å². The number of carbonyl (C=O) groups excluding carboxylic acids is 1. The molecule has 0 saturated carbocycles. The molecule has 0 amide bonds. The molecule has 0 N–H and O–H groups in total. The molecular formula is C8H14O4S. The van der Waals surface area contributed by atoms with Gasteiger partial charge in [0.25, 0.3) is 0 Å². The van der Waals surface area contributed by atoms with Crippen molar-refractivity contribution in [3.63, 3.8) is 0 Å². The summed E-state index contributed by atoms with van der Waals surface area (Å²) in [7, 11) is -3.84. The van der Waals surface area contributed by atoms with E-state index in [-0.39, 0.29) is 0 Å². The van der Waals surface area contributed by atoms with Crippen LogP contribution in [0, 0.1) is 0 Å². The average molecular weight is 206 g/mol. The van der Waals surface area contributed by atoms with Crippen LogP contribution in [0.1, 0.15) is 27.2 Å². The van der Waals surface area contributed by atoms with Gasteiger partial charge in [0, 0.05) is 6.08 Å². The molecule has 4 nitrogen and oxygen atoms in total. The van der Waals surface area contributed by atoms with Crippen LogP contribution in [0.2, 0.25) is 0 Å². The average Bonchev–Trinajstić information content (AvgIpc) is 2.03. The fourth-order valence-electron chi connectivity index (χ4n) is 0.432. The van der Waals surface area contributed by atoms with E-state index in [1.54, 1.807) is 6.92 Å². The van der Waals surface area contributed by atoms with E-state index in [0.29, 0.717) is 6.42 Å². The minimum Gasteiger partial charge on any atom is -0.341 e. The number of carbonyl (C=O) groups is 1. The molecule has 76 valence electrons. The highest BCUT2D eigenvalue weighted by molar-refractivity contribution is 7.88. The molecule has 5 heteroatoms. The topological polar surface area (TPSA) is 60.4 Å². The summed E-state index contributed by atoms with van der Waals surface area (Å²) in [6.45, 7) is 7.82. The van der Waals surface area contributed by atoms with Gasteiger partial charge < -0.3 is 4.18 Å². The minimum absolute atomic E-state index is 0.375. The lowest BCUT2D eigenvalue weighted by Crippen LogP contribution is -2.33. The van der Waals surface area contributed by atoms with Gasteiger partial charge in [0.05, 0.1) is 0 Å². The van der Waals surface area contributed by atoms with E-state index in [1.807, 2.05) is 0 Å². The molecule has 0 aromatic rings. The van der Waals surface area contributed by atoms with Gasteiger partial charge in [-0.2, -0.15) is 8.42 Å². The van der Waals surface area contributed by atoms with Crippen molar-refractivity contribution >= 4 is 16.1 Å². The molecule has 0 unspecified atom stereocenters. The predicted octanol–water partition coefficient (Wildman–Crippen LogP) is 1.23. The molecule has 0 rings (SSSR count). The Balaban J connectivity index is 4.79. The number of hydrogen-bond donors (Lipinski definition) is 0. The van der Waals surface area contributed by atoms with Gasteiger partial charge in [0.2, 0.25) is 0 Å². The van der Waals surface area contributed by atoms with Crippen molar-refractivity contribution in [3.05, 3.63) is 12.7 Å². The second-order valence-electron chi connectivity index (χ2n) is 3.17. The van der Waals surface area contributed by atoms with Crippen LogP contribution in [0.5, 0.6) is 0 Å². The van der Waals surface area contributed by atoms with Gasteiger partial charge in [-0.15, -0.1) is 0 Å². The van der Waals surface area contributed by atoms with E-state index in [1.165, 1.54) is 13.8 Å². The smallest absolute Gasteiger partial charge is 0.341 e. The van der Waals surface area contributed by atoms with E-state index < -0.39 is 20.8 Å². The first-order chi connectivity index (χ1) is 5.77. The maximum atomic E-state index is 11.4. The molecule has 0 saturated heterocycles. The van der Waals surface area contributed by atoms with E-state index in [4.69, 9.17) is 0 Å². The molecular weight excluding hydrogens is 192 g/mol. The van der Waals surface area contributed by atoms with Crippen LogP contribution in [0.15, 0.2) is 12.7 Å². The van der Waals surface area contributed by atoms with E-state index in [2.05, 4.69) is 10.8 Å². The standard InChI is InChI=1S/C8H14O4S/c1-5-7(9)12-13(10,11)8(3,4)6-2/h5H,1,6H2,2-4H3. The van der Waals surface area contributed by atoms with Crippen LogP contribution in [0.3, 0.4) is 0 Å². The Morgan fingerprint density at radius 2 is 2.00 bits per heavy atom. The van der Waals surface area contributed by atoms with Crippen molar-refractivity contribution in [2.75, 3.05) is 0 Å². The zero-order chi connectivity index (χ0) is 10.7. The van der Waals surface area contributed by atoms with Gasteiger partial charge in [-0.05, 0) is 20.3 Å². The summed E-state index contributed by atoms with van der Waals surface area (Å²) in [6.07, 6.45) is 1.20. The summed E-state index contributed by atoms with van der Waals surface area (Å²) >= 11 is 0. The third-order valence-electron chi connectivity index (χ3n) is 1.89. The molecule has 13 heavy (non-hydrogen) atoms. The zero-order valence-corrected chi connectivity index (χ0v) is 8.85. The summed E-state index contributed by atoms with van der Waals surface area (Å²) in [5, 5.41) is 0. The molecule has 0 atom stereocenters. The number of rotatable bonds is 4. The molecule has 0 bridgehead atoms. The summed E-state index contributed by atoms with van der Waals surface area (Å²) in [6, 6.07) is 0. The third kappa shape index (κ3) is 2.84. The summed E-state index contributed by atoms with van der Waals surface area (Å²) in [4.78, 5) is 10.7.